The van der Waals surface area contributed by atoms with Crippen LogP contribution in [0.5, 0.6) is 0 Å². The molecule has 0 amide bonds. The highest BCUT2D eigenvalue weighted by Gasteiger charge is 2.45. The third kappa shape index (κ3) is 3.46. The van der Waals surface area contributed by atoms with E-state index in [0.29, 0.717) is 12.1 Å². The first-order valence-corrected chi connectivity index (χ1v) is 11.9. The monoisotopic (exact) mass is 451 g/mol. The SMILES string of the molecule is O/N=C1\CC(c2ccccc2)(c2ccccc2)c2cc(-c3ccccc3)c(-c3ccccc3)cc21. The van der Waals surface area contributed by atoms with Crippen molar-refractivity contribution < 1.29 is 5.21 Å². The van der Waals surface area contributed by atoms with Gasteiger partial charge in [-0.3, -0.25) is 0 Å². The quantitative estimate of drug-likeness (QED) is 0.218. The van der Waals surface area contributed by atoms with Crippen LogP contribution in [-0.4, -0.2) is 10.9 Å². The highest BCUT2D eigenvalue weighted by atomic mass is 16.4. The molecule has 0 heterocycles. The normalized spacial score (nSPS) is 15.1. The van der Waals surface area contributed by atoms with Gasteiger partial charge in [-0.2, -0.15) is 0 Å². The lowest BCUT2D eigenvalue weighted by atomic mass is 9.69. The van der Waals surface area contributed by atoms with Crippen LogP contribution in [0.3, 0.4) is 0 Å². The topological polar surface area (TPSA) is 32.6 Å². The van der Waals surface area contributed by atoms with Crippen molar-refractivity contribution in [3.8, 4) is 22.3 Å². The van der Waals surface area contributed by atoms with Gasteiger partial charge < -0.3 is 5.21 Å². The molecule has 0 fully saturated rings. The Balaban J connectivity index is 1.72. The first-order valence-electron chi connectivity index (χ1n) is 11.9. The van der Waals surface area contributed by atoms with Crippen LogP contribution in [0.2, 0.25) is 0 Å². The highest BCUT2D eigenvalue weighted by Crippen LogP contribution is 2.51. The summed E-state index contributed by atoms with van der Waals surface area (Å²) < 4.78 is 0. The fourth-order valence-corrected chi connectivity index (χ4v) is 5.56. The maximum absolute atomic E-state index is 10.2. The van der Waals surface area contributed by atoms with Crippen LogP contribution in [0.15, 0.2) is 139 Å². The van der Waals surface area contributed by atoms with E-state index >= 15 is 0 Å². The summed E-state index contributed by atoms with van der Waals surface area (Å²) in [4.78, 5) is 0. The van der Waals surface area contributed by atoms with E-state index in [1.54, 1.807) is 0 Å². The Labute approximate surface area is 205 Å². The molecule has 0 saturated carbocycles. The molecule has 0 unspecified atom stereocenters. The van der Waals surface area contributed by atoms with Crippen LogP contribution >= 0.6 is 0 Å². The Morgan fingerprint density at radius 3 is 1.40 bits per heavy atom. The van der Waals surface area contributed by atoms with Crippen LogP contribution in [0.1, 0.15) is 28.7 Å². The molecular weight excluding hydrogens is 426 g/mol. The third-order valence-corrected chi connectivity index (χ3v) is 7.18. The second-order valence-electron chi connectivity index (χ2n) is 9.04. The smallest absolute Gasteiger partial charge is 0.0886 e. The van der Waals surface area contributed by atoms with Crippen molar-refractivity contribution in [2.24, 2.45) is 5.16 Å². The predicted molar refractivity (Wildman–Crippen MR) is 143 cm³/mol. The molecule has 0 aromatic heterocycles. The molecule has 5 aromatic rings. The minimum absolute atomic E-state index is 0.446. The summed E-state index contributed by atoms with van der Waals surface area (Å²) in [5.41, 5.74) is 9.43. The van der Waals surface area contributed by atoms with Crippen LogP contribution in [-0.2, 0) is 5.41 Å². The van der Waals surface area contributed by atoms with Crippen molar-refractivity contribution in [3.05, 3.63) is 156 Å². The van der Waals surface area contributed by atoms with Gasteiger partial charge in [-0.05, 0) is 51.1 Å². The van der Waals surface area contributed by atoms with Crippen LogP contribution in [0.4, 0.5) is 0 Å². The third-order valence-electron chi connectivity index (χ3n) is 7.18. The zero-order valence-electron chi connectivity index (χ0n) is 19.3. The number of oxime groups is 1. The number of nitrogens with zero attached hydrogens (tertiary/aromatic N) is 1. The molecule has 2 heteroatoms. The highest BCUT2D eigenvalue weighted by molar-refractivity contribution is 6.09. The van der Waals surface area contributed by atoms with E-state index in [-0.39, 0.29) is 0 Å². The molecule has 0 spiro atoms. The molecule has 0 bridgehead atoms. The number of hydrogen-bond donors (Lipinski definition) is 1. The molecule has 1 aliphatic carbocycles. The molecule has 1 N–H and O–H groups in total. The van der Waals surface area contributed by atoms with Crippen molar-refractivity contribution in [1.29, 1.82) is 0 Å². The first-order chi connectivity index (χ1) is 17.3. The molecule has 2 nitrogen and oxygen atoms in total. The van der Waals surface area contributed by atoms with Gasteiger partial charge in [0.2, 0.25) is 0 Å². The van der Waals surface area contributed by atoms with E-state index in [0.717, 1.165) is 16.7 Å². The van der Waals surface area contributed by atoms with Crippen molar-refractivity contribution in [2.75, 3.05) is 0 Å². The van der Waals surface area contributed by atoms with Gasteiger partial charge in [0.15, 0.2) is 0 Å². The zero-order valence-corrected chi connectivity index (χ0v) is 19.3. The summed E-state index contributed by atoms with van der Waals surface area (Å²) >= 11 is 0. The van der Waals surface area contributed by atoms with Crippen molar-refractivity contribution in [2.45, 2.75) is 11.8 Å². The van der Waals surface area contributed by atoms with Crippen LogP contribution in [0, 0.1) is 0 Å². The maximum atomic E-state index is 10.2. The summed E-state index contributed by atoms with van der Waals surface area (Å²) in [5, 5.41) is 14.0. The van der Waals surface area contributed by atoms with E-state index in [4.69, 9.17) is 0 Å². The second-order valence-corrected chi connectivity index (χ2v) is 9.04. The lowest BCUT2D eigenvalue weighted by molar-refractivity contribution is 0.318. The van der Waals surface area contributed by atoms with E-state index in [1.807, 2.05) is 24.3 Å². The Bertz CT molecular complexity index is 1450. The lowest BCUT2D eigenvalue weighted by Crippen LogP contribution is -2.27. The largest absolute Gasteiger partial charge is 0.411 e. The Morgan fingerprint density at radius 1 is 0.514 bits per heavy atom. The van der Waals surface area contributed by atoms with Crippen LogP contribution < -0.4 is 0 Å². The number of rotatable bonds is 4. The fourth-order valence-electron chi connectivity index (χ4n) is 5.56. The Hall–Kier alpha value is -4.43. The zero-order chi connectivity index (χ0) is 23.7. The molecule has 35 heavy (non-hydrogen) atoms. The summed E-state index contributed by atoms with van der Waals surface area (Å²) in [6.07, 6.45) is 0.597. The summed E-state index contributed by atoms with van der Waals surface area (Å²) in [5.74, 6) is 0. The lowest BCUT2D eigenvalue weighted by Gasteiger charge is -2.32. The van der Waals surface area contributed by atoms with E-state index in [9.17, 15) is 5.21 Å². The molecule has 0 saturated heterocycles. The van der Waals surface area contributed by atoms with Crippen molar-refractivity contribution in [1.82, 2.24) is 0 Å². The van der Waals surface area contributed by atoms with Gasteiger partial charge in [-0.25, -0.2) is 0 Å². The standard InChI is InChI=1S/C33H25NO/c35-34-32-23-33(26-17-9-3-10-18-26,27-19-11-4-12-20-27)31-22-29(25-15-7-2-8-16-25)28(21-30(31)32)24-13-5-1-6-14-24/h1-22,35H,23H2/b34-32+. The van der Waals surface area contributed by atoms with Gasteiger partial charge in [0.25, 0.3) is 0 Å². The minimum Gasteiger partial charge on any atom is -0.411 e. The summed E-state index contributed by atoms with van der Waals surface area (Å²) in [6, 6.07) is 46.7. The maximum Gasteiger partial charge on any atom is 0.0886 e. The molecule has 1 aliphatic rings. The fraction of sp³-hybridized carbons (Fsp3) is 0.0606. The van der Waals surface area contributed by atoms with Gasteiger partial charge in [-0.15, -0.1) is 0 Å². The average molecular weight is 452 g/mol. The van der Waals surface area contributed by atoms with Gasteiger partial charge in [0.05, 0.1) is 11.1 Å². The van der Waals surface area contributed by atoms with Gasteiger partial charge in [0, 0.05) is 12.0 Å². The van der Waals surface area contributed by atoms with E-state index < -0.39 is 5.41 Å². The average Bonchev–Trinajstić information content (AvgIpc) is 3.29. The second kappa shape index (κ2) is 8.73. The molecule has 6 rings (SSSR count). The van der Waals surface area contributed by atoms with Gasteiger partial charge >= 0.3 is 0 Å². The number of benzene rings is 5. The number of fused-ring (bicyclic) bond motifs is 1. The minimum atomic E-state index is -0.446. The molecule has 5 aromatic carbocycles. The first kappa shape index (κ1) is 21.1. The Kier molecular flexibility index (Phi) is 5.27. The molecule has 0 atom stereocenters. The summed E-state index contributed by atoms with van der Waals surface area (Å²) in [7, 11) is 0. The van der Waals surface area contributed by atoms with Crippen molar-refractivity contribution in [3.63, 3.8) is 0 Å². The molecule has 0 aliphatic heterocycles. The molecule has 0 radical (unpaired) electrons. The van der Waals surface area contributed by atoms with E-state index in [2.05, 4.69) is 114 Å². The van der Waals surface area contributed by atoms with Crippen molar-refractivity contribution >= 4 is 5.71 Å². The molecule has 168 valence electrons. The van der Waals surface area contributed by atoms with E-state index in [1.165, 1.54) is 27.8 Å². The predicted octanol–water partition coefficient (Wildman–Crippen LogP) is 7.94. The summed E-state index contributed by atoms with van der Waals surface area (Å²) in [6.45, 7) is 0. The number of hydrogen-bond acceptors (Lipinski definition) is 2. The Morgan fingerprint density at radius 2 is 0.943 bits per heavy atom. The van der Waals surface area contributed by atoms with Gasteiger partial charge in [-0.1, -0.05) is 126 Å². The van der Waals surface area contributed by atoms with Crippen LogP contribution in [0.25, 0.3) is 22.3 Å². The van der Waals surface area contributed by atoms with Gasteiger partial charge in [0.1, 0.15) is 0 Å². The molecular formula is C33H25NO.